The van der Waals surface area contributed by atoms with E-state index in [2.05, 4.69) is 59.8 Å². The van der Waals surface area contributed by atoms with Gasteiger partial charge in [0.05, 0.1) is 10.0 Å². The zero-order chi connectivity index (χ0) is 16.4. The van der Waals surface area contributed by atoms with Crippen LogP contribution in [-0.4, -0.2) is 25.6 Å². The molecule has 0 saturated heterocycles. The monoisotopic (exact) mass is 531 g/mol. The highest BCUT2D eigenvalue weighted by Gasteiger charge is 2.32. The summed E-state index contributed by atoms with van der Waals surface area (Å²) in [6.45, 7) is 5.10. The molecule has 1 unspecified atom stereocenters. The largest absolute Gasteiger partial charge is 0.480 e. The molecule has 0 radical (unpaired) electrons. The number of amides is 1. The van der Waals surface area contributed by atoms with Crippen molar-refractivity contribution in [2.75, 3.05) is 5.32 Å². The first kappa shape index (κ1) is 18.9. The molecule has 2 N–H and O–H groups in total. The zero-order valence-electron chi connectivity index (χ0n) is 11.8. The molecule has 0 spiro atoms. The maximum atomic E-state index is 12.1. The molecule has 1 aromatic rings. The second-order valence-corrected chi connectivity index (χ2v) is 10.3. The minimum atomic E-state index is -1.08. The summed E-state index contributed by atoms with van der Waals surface area (Å²) >= 11 is 8.66. The van der Waals surface area contributed by atoms with Crippen molar-refractivity contribution >= 4 is 72.0 Å². The number of hydrogen-bond donors (Lipinski definition) is 2. The second kappa shape index (κ2) is 6.95. The summed E-state index contributed by atoms with van der Waals surface area (Å²) in [5.41, 5.74) is 1.43. The van der Waals surface area contributed by atoms with Gasteiger partial charge in [0, 0.05) is 9.99 Å². The van der Waals surface area contributed by atoms with Gasteiger partial charge in [-0.05, 0) is 55.0 Å². The van der Waals surface area contributed by atoms with E-state index in [0.717, 1.165) is 9.13 Å². The number of halogens is 3. The second-order valence-electron chi connectivity index (χ2n) is 5.38. The molecular formula is C14H16Br2INO3. The SMILES string of the molecule is CC(C)(Br)C(=O)Nc1c(I)cccc1CC(C)(Br)C(=O)O. The fourth-order valence-electron chi connectivity index (χ4n) is 1.55. The molecule has 21 heavy (non-hydrogen) atoms. The molecule has 0 fully saturated rings. The van der Waals surface area contributed by atoms with E-state index in [1.807, 2.05) is 18.2 Å². The molecule has 0 saturated carbocycles. The minimum Gasteiger partial charge on any atom is -0.480 e. The van der Waals surface area contributed by atoms with Crippen LogP contribution in [0.15, 0.2) is 18.2 Å². The summed E-state index contributed by atoms with van der Waals surface area (Å²) in [6.07, 6.45) is 0.261. The number of para-hydroxylation sites is 1. The fourth-order valence-corrected chi connectivity index (χ4v) is 2.64. The minimum absolute atomic E-state index is 0.181. The quantitative estimate of drug-likeness (QED) is 0.441. The van der Waals surface area contributed by atoms with Gasteiger partial charge in [-0.2, -0.15) is 0 Å². The smallest absolute Gasteiger partial charge is 0.320 e. The Kier molecular flexibility index (Phi) is 6.26. The number of alkyl halides is 2. The molecule has 4 nitrogen and oxygen atoms in total. The number of anilines is 1. The van der Waals surface area contributed by atoms with Gasteiger partial charge in [0.25, 0.3) is 0 Å². The summed E-state index contributed by atoms with van der Waals surface area (Å²) in [4.78, 5) is 23.4. The van der Waals surface area contributed by atoms with E-state index in [9.17, 15) is 14.7 Å². The van der Waals surface area contributed by atoms with Crippen LogP contribution in [0, 0.1) is 3.57 Å². The third-order valence-corrected chi connectivity index (χ3v) is 4.73. The van der Waals surface area contributed by atoms with Crippen LogP contribution < -0.4 is 5.32 Å². The van der Waals surface area contributed by atoms with Gasteiger partial charge in [0.15, 0.2) is 0 Å². The first-order valence-corrected chi connectivity index (χ1v) is 8.81. The van der Waals surface area contributed by atoms with Crippen molar-refractivity contribution in [2.24, 2.45) is 0 Å². The van der Waals surface area contributed by atoms with Crippen molar-refractivity contribution in [1.82, 2.24) is 0 Å². The molecule has 0 bridgehead atoms. The molecule has 7 heteroatoms. The Morgan fingerprint density at radius 2 is 1.86 bits per heavy atom. The topological polar surface area (TPSA) is 66.4 Å². The Morgan fingerprint density at radius 1 is 1.29 bits per heavy atom. The molecule has 1 amide bonds. The number of carbonyl (C=O) groups excluding carboxylic acids is 1. The molecule has 0 aromatic heterocycles. The molecule has 1 atom stereocenters. The molecule has 0 heterocycles. The van der Waals surface area contributed by atoms with Gasteiger partial charge in [-0.15, -0.1) is 0 Å². The third-order valence-electron chi connectivity index (χ3n) is 2.85. The number of benzene rings is 1. The van der Waals surface area contributed by atoms with Gasteiger partial charge >= 0.3 is 5.97 Å². The number of nitrogens with one attached hydrogen (secondary N) is 1. The van der Waals surface area contributed by atoms with E-state index < -0.39 is 14.6 Å². The molecule has 0 aliphatic rings. The normalized spacial score (nSPS) is 14.4. The Labute approximate surface area is 154 Å². The lowest BCUT2D eigenvalue weighted by Crippen LogP contribution is -2.33. The van der Waals surface area contributed by atoms with Crippen LogP contribution >= 0.6 is 54.5 Å². The van der Waals surface area contributed by atoms with Crippen LogP contribution in [0.2, 0.25) is 0 Å². The van der Waals surface area contributed by atoms with Crippen molar-refractivity contribution in [1.29, 1.82) is 0 Å². The van der Waals surface area contributed by atoms with Crippen molar-refractivity contribution in [3.63, 3.8) is 0 Å². The predicted octanol–water partition coefficient (Wildman–Crippen LogP) is 4.18. The van der Waals surface area contributed by atoms with Gasteiger partial charge in [-0.1, -0.05) is 44.0 Å². The Bertz CT molecular complexity index is 568. The van der Waals surface area contributed by atoms with Crippen LogP contribution in [0.1, 0.15) is 26.3 Å². The lowest BCUT2D eigenvalue weighted by atomic mass is 9.99. The predicted molar refractivity (Wildman–Crippen MR) is 99.5 cm³/mol. The summed E-state index contributed by atoms with van der Waals surface area (Å²) in [5.74, 6) is -1.13. The summed E-state index contributed by atoms with van der Waals surface area (Å²) < 4.78 is -0.918. The molecule has 1 rings (SSSR count). The Morgan fingerprint density at radius 3 is 2.33 bits per heavy atom. The van der Waals surface area contributed by atoms with Gasteiger partial charge in [0.1, 0.15) is 4.32 Å². The maximum Gasteiger partial charge on any atom is 0.320 e. The fraction of sp³-hybridized carbons (Fsp3) is 0.429. The third kappa shape index (κ3) is 5.21. The Hall–Kier alpha value is -0.150. The number of hydrogen-bond acceptors (Lipinski definition) is 2. The highest BCUT2D eigenvalue weighted by atomic mass is 127. The summed E-state index contributed by atoms with van der Waals surface area (Å²) in [7, 11) is 0. The average molecular weight is 533 g/mol. The Balaban J connectivity index is 3.16. The number of rotatable bonds is 5. The van der Waals surface area contributed by atoms with Crippen molar-refractivity contribution in [2.45, 2.75) is 35.8 Å². The first-order valence-electron chi connectivity index (χ1n) is 6.15. The van der Waals surface area contributed by atoms with Gasteiger partial charge in [0.2, 0.25) is 5.91 Å². The number of aliphatic carboxylic acids is 1. The van der Waals surface area contributed by atoms with Crippen LogP contribution in [0.3, 0.4) is 0 Å². The molecule has 1 aromatic carbocycles. The lowest BCUT2D eigenvalue weighted by molar-refractivity contribution is -0.139. The van der Waals surface area contributed by atoms with E-state index in [4.69, 9.17) is 0 Å². The zero-order valence-corrected chi connectivity index (χ0v) is 17.2. The van der Waals surface area contributed by atoms with Gasteiger partial charge in [-0.25, -0.2) is 0 Å². The average Bonchev–Trinajstić information content (AvgIpc) is 2.31. The van der Waals surface area contributed by atoms with E-state index in [1.165, 1.54) is 0 Å². The van der Waals surface area contributed by atoms with Crippen molar-refractivity contribution in [3.05, 3.63) is 27.3 Å². The first-order chi connectivity index (χ1) is 9.45. The van der Waals surface area contributed by atoms with Gasteiger partial charge in [-0.3, -0.25) is 9.59 Å². The number of carboxylic acids is 1. The molecule has 116 valence electrons. The summed E-state index contributed by atoms with van der Waals surface area (Å²) in [6, 6.07) is 5.53. The van der Waals surface area contributed by atoms with E-state index in [-0.39, 0.29) is 12.3 Å². The lowest BCUT2D eigenvalue weighted by Gasteiger charge is -2.22. The molecule has 0 aliphatic carbocycles. The standard InChI is InChI=1S/C14H16Br2INO3/c1-13(2,15)11(19)18-10-8(5-4-6-9(10)17)7-14(3,16)12(20)21/h4-6H,7H2,1-3H3,(H,18,19)(H,20,21). The highest BCUT2D eigenvalue weighted by Crippen LogP contribution is 2.31. The number of carbonyl (C=O) groups is 2. The van der Waals surface area contributed by atoms with Crippen LogP contribution in [0.5, 0.6) is 0 Å². The summed E-state index contributed by atoms with van der Waals surface area (Å²) in [5, 5.41) is 12.1. The van der Waals surface area contributed by atoms with E-state index in [1.54, 1.807) is 20.8 Å². The van der Waals surface area contributed by atoms with Gasteiger partial charge < -0.3 is 10.4 Å². The maximum absolute atomic E-state index is 12.1. The van der Waals surface area contributed by atoms with E-state index >= 15 is 0 Å². The molecule has 0 aliphatic heterocycles. The van der Waals surface area contributed by atoms with Crippen LogP contribution in [0.4, 0.5) is 5.69 Å². The van der Waals surface area contributed by atoms with Crippen molar-refractivity contribution < 1.29 is 14.7 Å². The van der Waals surface area contributed by atoms with E-state index in [0.29, 0.717) is 5.69 Å². The van der Waals surface area contributed by atoms with Crippen LogP contribution in [0.25, 0.3) is 0 Å². The van der Waals surface area contributed by atoms with Crippen LogP contribution in [-0.2, 0) is 16.0 Å². The molecular weight excluding hydrogens is 517 g/mol. The van der Waals surface area contributed by atoms with Crippen molar-refractivity contribution in [3.8, 4) is 0 Å². The number of carboxylic acid groups (broad SMARTS) is 1. The highest BCUT2D eigenvalue weighted by molar-refractivity contribution is 14.1.